The van der Waals surface area contributed by atoms with Crippen LogP contribution in [0.4, 0.5) is 13.2 Å². The van der Waals surface area contributed by atoms with E-state index in [1.54, 1.807) is 13.0 Å². The van der Waals surface area contributed by atoms with Crippen molar-refractivity contribution in [1.29, 1.82) is 0 Å². The van der Waals surface area contributed by atoms with Crippen molar-refractivity contribution in [2.45, 2.75) is 39.8 Å². The minimum atomic E-state index is -4.51. The van der Waals surface area contributed by atoms with Gasteiger partial charge in [0.25, 0.3) is 0 Å². The zero-order valence-corrected chi connectivity index (χ0v) is 19.2. The average Bonchev–Trinajstić information content (AvgIpc) is 2.80. The van der Waals surface area contributed by atoms with Crippen LogP contribution < -0.4 is 0 Å². The summed E-state index contributed by atoms with van der Waals surface area (Å²) in [5, 5.41) is 3.87. The van der Waals surface area contributed by atoms with Crippen LogP contribution in [0.25, 0.3) is 6.08 Å². The van der Waals surface area contributed by atoms with Gasteiger partial charge in [-0.1, -0.05) is 54.9 Å². The topological polar surface area (TPSA) is 65.0 Å². The molecule has 180 valence electrons. The number of nitrogens with zero attached hydrogens (tertiary/aromatic N) is 1. The Morgan fingerprint density at radius 1 is 1.00 bits per heavy atom. The fourth-order valence-electron chi connectivity index (χ4n) is 2.96. The number of esters is 1. The van der Waals surface area contributed by atoms with E-state index in [0.29, 0.717) is 12.8 Å². The van der Waals surface area contributed by atoms with E-state index >= 15 is 0 Å². The Morgan fingerprint density at radius 3 is 2.21 bits per heavy atom. The van der Waals surface area contributed by atoms with Crippen molar-refractivity contribution in [2.75, 3.05) is 6.61 Å². The van der Waals surface area contributed by atoms with Gasteiger partial charge in [-0.3, -0.25) is 0 Å². The molecule has 2 aromatic carbocycles. The number of hydrogen-bond donors (Lipinski definition) is 0. The van der Waals surface area contributed by atoms with Crippen molar-refractivity contribution in [3.8, 4) is 0 Å². The zero-order chi connectivity index (χ0) is 25.1. The molecule has 34 heavy (non-hydrogen) atoms. The Balaban J connectivity index is 2.34. The number of carbonyl (C=O) groups excluding carboxylic acids is 2. The van der Waals surface area contributed by atoms with Gasteiger partial charge in [0.2, 0.25) is 0 Å². The monoisotopic (exact) mass is 473 g/mol. The van der Waals surface area contributed by atoms with Crippen LogP contribution >= 0.6 is 0 Å². The van der Waals surface area contributed by atoms with Crippen LogP contribution in [-0.4, -0.2) is 24.3 Å². The maximum atomic E-state index is 12.7. The van der Waals surface area contributed by atoms with Crippen molar-refractivity contribution in [3.63, 3.8) is 0 Å². The quantitative estimate of drug-likeness (QED) is 0.103. The summed E-state index contributed by atoms with van der Waals surface area (Å²) in [5.74, 6) is -1.57. The molecular formula is C26H26F3NO4. The van der Waals surface area contributed by atoms with E-state index in [0.717, 1.165) is 35.4 Å². The lowest BCUT2D eigenvalue weighted by atomic mass is 10.0. The highest BCUT2D eigenvalue weighted by atomic mass is 19.4. The SMILES string of the molecule is CCCC(=N\OC(=O)c1ccc(C(F)(F)F)cc1)/C(=C\C(C)=C\c1ccccc1)C(=O)OCC. The second-order valence-corrected chi connectivity index (χ2v) is 7.32. The highest BCUT2D eigenvalue weighted by molar-refractivity contribution is 6.20. The number of alkyl halides is 3. The molecular weight excluding hydrogens is 447 g/mol. The van der Waals surface area contributed by atoms with Crippen molar-refractivity contribution < 1.29 is 32.3 Å². The first-order valence-corrected chi connectivity index (χ1v) is 10.7. The zero-order valence-electron chi connectivity index (χ0n) is 19.2. The molecule has 0 radical (unpaired) electrons. The van der Waals surface area contributed by atoms with Gasteiger partial charge in [-0.25, -0.2) is 9.59 Å². The van der Waals surface area contributed by atoms with Crippen LogP contribution in [0.1, 0.15) is 55.1 Å². The number of halogens is 3. The maximum Gasteiger partial charge on any atom is 0.416 e. The van der Waals surface area contributed by atoms with E-state index in [1.807, 2.05) is 50.3 Å². The van der Waals surface area contributed by atoms with Gasteiger partial charge in [-0.2, -0.15) is 13.2 Å². The highest BCUT2D eigenvalue weighted by Crippen LogP contribution is 2.29. The minimum Gasteiger partial charge on any atom is -0.462 e. The number of allylic oxidation sites excluding steroid dienone is 2. The summed E-state index contributed by atoms with van der Waals surface area (Å²) in [6, 6.07) is 13.1. The lowest BCUT2D eigenvalue weighted by molar-refractivity contribution is -0.138. The predicted molar refractivity (Wildman–Crippen MR) is 124 cm³/mol. The molecule has 0 bridgehead atoms. The van der Waals surface area contributed by atoms with Gasteiger partial charge < -0.3 is 9.57 Å². The van der Waals surface area contributed by atoms with Crippen LogP contribution in [0.15, 0.2) is 77.0 Å². The third-order valence-electron chi connectivity index (χ3n) is 4.55. The molecule has 5 nitrogen and oxygen atoms in total. The molecule has 0 fully saturated rings. The Bertz CT molecular complexity index is 1070. The van der Waals surface area contributed by atoms with E-state index in [-0.39, 0.29) is 23.5 Å². The molecule has 0 atom stereocenters. The van der Waals surface area contributed by atoms with E-state index in [4.69, 9.17) is 9.57 Å². The largest absolute Gasteiger partial charge is 0.462 e. The van der Waals surface area contributed by atoms with Crippen LogP contribution in [-0.2, 0) is 20.5 Å². The van der Waals surface area contributed by atoms with Crippen LogP contribution in [0.2, 0.25) is 0 Å². The van der Waals surface area contributed by atoms with Crippen LogP contribution in [0, 0.1) is 0 Å². The molecule has 0 saturated heterocycles. The summed E-state index contributed by atoms with van der Waals surface area (Å²) < 4.78 is 43.4. The van der Waals surface area contributed by atoms with Crippen molar-refractivity contribution in [2.24, 2.45) is 5.16 Å². The molecule has 0 saturated carbocycles. The first-order valence-electron chi connectivity index (χ1n) is 10.7. The summed E-state index contributed by atoms with van der Waals surface area (Å²) in [6.45, 7) is 5.48. The second-order valence-electron chi connectivity index (χ2n) is 7.32. The van der Waals surface area contributed by atoms with Crippen LogP contribution in [0.5, 0.6) is 0 Å². The molecule has 0 amide bonds. The number of oxime groups is 1. The molecule has 0 heterocycles. The van der Waals surface area contributed by atoms with Crippen molar-refractivity contribution in [1.82, 2.24) is 0 Å². The molecule has 0 unspecified atom stereocenters. The Hall–Kier alpha value is -3.68. The van der Waals surface area contributed by atoms with Gasteiger partial charge in [-0.05, 0) is 61.7 Å². The first kappa shape index (κ1) is 26.6. The number of rotatable bonds is 9. The average molecular weight is 473 g/mol. The van der Waals surface area contributed by atoms with Gasteiger partial charge in [-0.15, -0.1) is 0 Å². The molecule has 0 aliphatic carbocycles. The lowest BCUT2D eigenvalue weighted by Gasteiger charge is -2.10. The normalized spacial score (nSPS) is 12.9. The summed E-state index contributed by atoms with van der Waals surface area (Å²) in [6.07, 6.45) is -0.139. The summed E-state index contributed by atoms with van der Waals surface area (Å²) in [5.41, 5.74) is 1.02. The minimum absolute atomic E-state index is 0.102. The third kappa shape index (κ3) is 8.03. The predicted octanol–water partition coefficient (Wildman–Crippen LogP) is 6.61. The smallest absolute Gasteiger partial charge is 0.416 e. The van der Waals surface area contributed by atoms with Gasteiger partial charge in [0.15, 0.2) is 0 Å². The fraction of sp³-hybridized carbons (Fsp3) is 0.269. The number of benzene rings is 2. The first-order chi connectivity index (χ1) is 16.2. The number of hydrogen-bond acceptors (Lipinski definition) is 5. The molecule has 2 rings (SSSR count). The van der Waals surface area contributed by atoms with Gasteiger partial charge in [0.1, 0.15) is 0 Å². The summed E-state index contributed by atoms with van der Waals surface area (Å²) in [4.78, 5) is 30.0. The van der Waals surface area contributed by atoms with Gasteiger partial charge >= 0.3 is 18.1 Å². The fourth-order valence-corrected chi connectivity index (χ4v) is 2.96. The van der Waals surface area contributed by atoms with Crippen LogP contribution in [0.3, 0.4) is 0 Å². The van der Waals surface area contributed by atoms with Gasteiger partial charge in [0.05, 0.1) is 29.0 Å². The van der Waals surface area contributed by atoms with Crippen molar-refractivity contribution in [3.05, 3.63) is 88.5 Å². The molecule has 2 aromatic rings. The second kappa shape index (κ2) is 12.5. The van der Waals surface area contributed by atoms with E-state index in [2.05, 4.69) is 5.16 Å². The molecule has 0 spiro atoms. The lowest BCUT2D eigenvalue weighted by Crippen LogP contribution is -2.17. The summed E-state index contributed by atoms with van der Waals surface area (Å²) in [7, 11) is 0. The Kier molecular flexibility index (Phi) is 9.79. The highest BCUT2D eigenvalue weighted by Gasteiger charge is 2.30. The molecule has 0 aromatic heterocycles. The van der Waals surface area contributed by atoms with E-state index < -0.39 is 23.7 Å². The van der Waals surface area contributed by atoms with E-state index in [1.165, 1.54) is 0 Å². The van der Waals surface area contributed by atoms with Crippen molar-refractivity contribution >= 4 is 23.7 Å². The standard InChI is InChI=1S/C26H26F3NO4/c1-4-9-23(30-34-24(31)20-12-14-21(15-13-20)26(27,28)29)22(25(32)33-5-2)17-18(3)16-19-10-7-6-8-11-19/h6-8,10-17H,4-5,9H2,1-3H3/b18-16+,22-17+,30-23+. The third-order valence-corrected chi connectivity index (χ3v) is 4.55. The molecule has 8 heteroatoms. The van der Waals surface area contributed by atoms with Gasteiger partial charge in [0, 0.05) is 0 Å². The number of ether oxygens (including phenoxy) is 1. The van der Waals surface area contributed by atoms with E-state index in [9.17, 15) is 22.8 Å². The maximum absolute atomic E-state index is 12.7. The Labute approximate surface area is 196 Å². The molecule has 0 aliphatic rings. The molecule has 0 aliphatic heterocycles. The summed E-state index contributed by atoms with van der Waals surface area (Å²) >= 11 is 0. The number of carbonyl (C=O) groups is 2. The molecule has 0 N–H and O–H groups in total. The Morgan fingerprint density at radius 2 is 1.65 bits per heavy atom.